The highest BCUT2D eigenvalue weighted by atomic mass is 16.3. The molecule has 0 saturated carbocycles. The summed E-state index contributed by atoms with van der Waals surface area (Å²) >= 11 is 0. The first kappa shape index (κ1) is 15.8. The van der Waals surface area contributed by atoms with Crippen LogP contribution in [0.2, 0.25) is 0 Å². The van der Waals surface area contributed by atoms with E-state index in [1.54, 1.807) is 18.4 Å². The number of rotatable bonds is 5. The van der Waals surface area contributed by atoms with E-state index in [0.717, 1.165) is 11.1 Å². The van der Waals surface area contributed by atoms with Crippen molar-refractivity contribution in [1.82, 2.24) is 5.32 Å². The fraction of sp³-hybridized carbons (Fsp3) is 0.0952. The van der Waals surface area contributed by atoms with E-state index in [1.807, 2.05) is 73.7 Å². The van der Waals surface area contributed by atoms with Crippen LogP contribution in [-0.2, 0) is 4.79 Å². The highest BCUT2D eigenvalue weighted by Crippen LogP contribution is 2.21. The van der Waals surface area contributed by atoms with Crippen LogP contribution < -0.4 is 5.32 Å². The van der Waals surface area contributed by atoms with Crippen molar-refractivity contribution in [2.24, 2.45) is 0 Å². The topological polar surface area (TPSA) is 42.2 Å². The third-order valence-corrected chi connectivity index (χ3v) is 3.81. The third kappa shape index (κ3) is 3.82. The molecule has 0 spiro atoms. The molecule has 3 aromatic rings. The summed E-state index contributed by atoms with van der Waals surface area (Å²) in [5.41, 5.74) is 2.50. The summed E-state index contributed by atoms with van der Waals surface area (Å²) in [6.45, 7) is 1.97. The molecule has 1 N–H and O–H groups in total. The second-order valence-electron chi connectivity index (χ2n) is 5.55. The zero-order valence-corrected chi connectivity index (χ0v) is 13.5. The van der Waals surface area contributed by atoms with Crippen LogP contribution >= 0.6 is 0 Å². The van der Waals surface area contributed by atoms with E-state index in [2.05, 4.69) is 5.32 Å². The Balaban J connectivity index is 1.87. The summed E-state index contributed by atoms with van der Waals surface area (Å²) in [5.74, 6) is 0.519. The molecule has 3 nitrogen and oxygen atoms in total. The first-order chi connectivity index (χ1) is 11.7. The normalized spacial score (nSPS) is 12.6. The molecule has 3 heteroatoms. The zero-order valence-electron chi connectivity index (χ0n) is 13.5. The van der Waals surface area contributed by atoms with Gasteiger partial charge in [0.2, 0.25) is 0 Å². The number of carbonyl (C=O) groups is 1. The number of hydrogen-bond acceptors (Lipinski definition) is 2. The second-order valence-corrected chi connectivity index (χ2v) is 5.55. The summed E-state index contributed by atoms with van der Waals surface area (Å²) in [6, 6.07) is 23.1. The molecular weight excluding hydrogens is 298 g/mol. The van der Waals surface area contributed by atoms with Crippen LogP contribution in [0.25, 0.3) is 11.6 Å². The average Bonchev–Trinajstić information content (AvgIpc) is 3.14. The van der Waals surface area contributed by atoms with Gasteiger partial charge in [0, 0.05) is 0 Å². The Morgan fingerprint density at radius 1 is 0.958 bits per heavy atom. The van der Waals surface area contributed by atoms with Crippen molar-refractivity contribution in [2.75, 3.05) is 0 Å². The van der Waals surface area contributed by atoms with Crippen molar-refractivity contribution < 1.29 is 9.21 Å². The Morgan fingerprint density at radius 2 is 1.62 bits per heavy atom. The minimum Gasteiger partial charge on any atom is -0.465 e. The highest BCUT2D eigenvalue weighted by Gasteiger charge is 2.16. The number of hydrogen-bond donors (Lipinski definition) is 1. The Bertz CT molecular complexity index is 806. The van der Waals surface area contributed by atoms with E-state index in [1.165, 1.54) is 0 Å². The molecule has 0 unspecified atom stereocenters. The lowest BCUT2D eigenvalue weighted by Gasteiger charge is -2.16. The number of amides is 1. The smallest absolute Gasteiger partial charge is 0.252 e. The molecule has 1 atom stereocenters. The minimum atomic E-state index is -0.131. The van der Waals surface area contributed by atoms with Crippen LogP contribution in [0.5, 0.6) is 0 Å². The maximum absolute atomic E-state index is 12.8. The lowest BCUT2D eigenvalue weighted by molar-refractivity contribution is -0.116. The molecule has 0 aliphatic rings. The Kier molecular flexibility index (Phi) is 4.92. The molecule has 1 heterocycles. The molecule has 120 valence electrons. The van der Waals surface area contributed by atoms with Gasteiger partial charge in [-0.25, -0.2) is 0 Å². The van der Waals surface area contributed by atoms with Crippen LogP contribution in [0.1, 0.15) is 29.9 Å². The molecule has 0 saturated heterocycles. The van der Waals surface area contributed by atoms with Gasteiger partial charge in [-0.05, 0) is 36.3 Å². The maximum atomic E-state index is 12.8. The van der Waals surface area contributed by atoms with Gasteiger partial charge < -0.3 is 9.73 Å². The number of furan rings is 1. The first-order valence-electron chi connectivity index (χ1n) is 7.90. The van der Waals surface area contributed by atoms with E-state index in [0.29, 0.717) is 11.3 Å². The molecule has 0 radical (unpaired) electrons. The van der Waals surface area contributed by atoms with Gasteiger partial charge in [0.05, 0.1) is 17.9 Å². The number of benzene rings is 2. The van der Waals surface area contributed by atoms with E-state index in [4.69, 9.17) is 4.42 Å². The Hall–Kier alpha value is -3.07. The quantitative estimate of drug-likeness (QED) is 0.693. The van der Waals surface area contributed by atoms with E-state index in [9.17, 15) is 4.79 Å². The van der Waals surface area contributed by atoms with Gasteiger partial charge in [-0.2, -0.15) is 0 Å². The first-order valence-corrected chi connectivity index (χ1v) is 7.90. The molecule has 0 aliphatic heterocycles. The average molecular weight is 317 g/mol. The van der Waals surface area contributed by atoms with Gasteiger partial charge in [0.15, 0.2) is 0 Å². The van der Waals surface area contributed by atoms with Crippen LogP contribution in [0.15, 0.2) is 83.5 Å². The van der Waals surface area contributed by atoms with Crippen LogP contribution in [0, 0.1) is 0 Å². The minimum absolute atomic E-state index is 0.0811. The molecular formula is C21H19NO2. The van der Waals surface area contributed by atoms with Crippen LogP contribution in [-0.4, -0.2) is 5.91 Å². The summed E-state index contributed by atoms with van der Waals surface area (Å²) in [4.78, 5) is 12.8. The van der Waals surface area contributed by atoms with Gasteiger partial charge in [0.1, 0.15) is 5.76 Å². The van der Waals surface area contributed by atoms with Crippen molar-refractivity contribution >= 4 is 17.6 Å². The van der Waals surface area contributed by atoms with E-state index < -0.39 is 0 Å². The van der Waals surface area contributed by atoms with Gasteiger partial charge in [-0.3, -0.25) is 4.79 Å². The third-order valence-electron chi connectivity index (χ3n) is 3.81. The lowest BCUT2D eigenvalue weighted by Crippen LogP contribution is -2.27. The van der Waals surface area contributed by atoms with Gasteiger partial charge in [-0.1, -0.05) is 60.7 Å². The summed E-state index contributed by atoms with van der Waals surface area (Å²) in [5, 5.41) is 3.06. The monoisotopic (exact) mass is 317 g/mol. The summed E-state index contributed by atoms with van der Waals surface area (Å²) in [7, 11) is 0. The van der Waals surface area contributed by atoms with Crippen molar-refractivity contribution in [3.63, 3.8) is 0 Å². The molecule has 0 aliphatic carbocycles. The standard InChI is InChI=1S/C21H19NO2/c1-16(17-9-4-2-5-10-17)22-21(23)20(15-19-13-8-14-24-19)18-11-6-3-7-12-18/h2-16H,1H3,(H,22,23)/b20-15+/t16-/m0/s1. The second kappa shape index (κ2) is 7.47. The number of nitrogens with one attached hydrogen (secondary N) is 1. The summed E-state index contributed by atoms with van der Waals surface area (Å²) < 4.78 is 5.37. The van der Waals surface area contributed by atoms with Crippen molar-refractivity contribution in [3.8, 4) is 0 Å². The maximum Gasteiger partial charge on any atom is 0.252 e. The predicted molar refractivity (Wildman–Crippen MR) is 96.0 cm³/mol. The van der Waals surface area contributed by atoms with Crippen molar-refractivity contribution in [1.29, 1.82) is 0 Å². The van der Waals surface area contributed by atoms with Crippen LogP contribution in [0.3, 0.4) is 0 Å². The van der Waals surface area contributed by atoms with E-state index >= 15 is 0 Å². The molecule has 0 fully saturated rings. The molecule has 1 amide bonds. The Morgan fingerprint density at radius 3 is 2.25 bits per heavy atom. The summed E-state index contributed by atoms with van der Waals surface area (Å²) in [6.07, 6.45) is 3.36. The predicted octanol–water partition coefficient (Wildman–Crippen LogP) is 4.70. The number of carbonyl (C=O) groups excluding carboxylic acids is 1. The lowest BCUT2D eigenvalue weighted by atomic mass is 10.0. The molecule has 1 aromatic heterocycles. The largest absolute Gasteiger partial charge is 0.465 e. The molecule has 2 aromatic carbocycles. The van der Waals surface area contributed by atoms with E-state index in [-0.39, 0.29) is 11.9 Å². The molecule has 0 bridgehead atoms. The van der Waals surface area contributed by atoms with Gasteiger partial charge >= 0.3 is 0 Å². The van der Waals surface area contributed by atoms with Crippen molar-refractivity contribution in [2.45, 2.75) is 13.0 Å². The van der Waals surface area contributed by atoms with Gasteiger partial charge in [-0.15, -0.1) is 0 Å². The van der Waals surface area contributed by atoms with Crippen LogP contribution in [0.4, 0.5) is 0 Å². The molecule has 3 rings (SSSR count). The molecule has 24 heavy (non-hydrogen) atoms. The zero-order chi connectivity index (χ0) is 16.8. The van der Waals surface area contributed by atoms with Gasteiger partial charge in [0.25, 0.3) is 5.91 Å². The van der Waals surface area contributed by atoms with Crippen molar-refractivity contribution in [3.05, 3.63) is 95.9 Å². The SMILES string of the molecule is C[C@H](NC(=O)/C(=C/c1ccco1)c1ccccc1)c1ccccc1. The fourth-order valence-electron chi connectivity index (χ4n) is 2.51. The highest BCUT2D eigenvalue weighted by molar-refractivity contribution is 6.24. The Labute approximate surface area is 141 Å². The fourth-order valence-corrected chi connectivity index (χ4v) is 2.51.